The molecule has 0 aliphatic carbocycles. The molecular weight excluding hydrogens is 381 g/mol. The normalized spacial score (nSPS) is 10.9. The molecule has 0 saturated carbocycles. The number of anilines is 1. The summed E-state index contributed by atoms with van der Waals surface area (Å²) in [6, 6.07) is 15.5. The summed E-state index contributed by atoms with van der Waals surface area (Å²) in [5.41, 5.74) is 8.98. The number of carbonyl (C=O) groups excluding carboxylic acids is 1. The first-order chi connectivity index (χ1) is 13.5. The first-order valence-corrected chi connectivity index (χ1v) is 8.74. The van der Waals surface area contributed by atoms with Crippen LogP contribution >= 0.6 is 11.6 Å². The summed E-state index contributed by atoms with van der Waals surface area (Å²) in [5, 5.41) is 7.46. The smallest absolute Gasteiger partial charge is 0.252 e. The fourth-order valence-electron chi connectivity index (χ4n) is 2.89. The molecule has 4 aromatic rings. The fourth-order valence-corrected chi connectivity index (χ4v) is 3.05. The van der Waals surface area contributed by atoms with Gasteiger partial charge in [-0.2, -0.15) is 0 Å². The van der Waals surface area contributed by atoms with Crippen molar-refractivity contribution in [2.24, 2.45) is 5.73 Å². The fraction of sp³-hybridized carbons (Fsp3) is 0.0500. The van der Waals surface area contributed by atoms with Gasteiger partial charge in [-0.05, 0) is 35.9 Å². The largest absolute Gasteiger partial charge is 0.379 e. The van der Waals surface area contributed by atoms with Gasteiger partial charge in [0.1, 0.15) is 5.82 Å². The molecule has 2 heterocycles. The lowest BCUT2D eigenvalue weighted by Crippen LogP contribution is -2.13. The van der Waals surface area contributed by atoms with E-state index in [0.29, 0.717) is 22.9 Å². The quantitative estimate of drug-likeness (QED) is 0.540. The number of amides is 1. The van der Waals surface area contributed by atoms with Crippen LogP contribution in [0, 0.1) is 12.1 Å². The second kappa shape index (κ2) is 7.28. The molecule has 0 aliphatic heterocycles. The molecule has 0 unspecified atom stereocenters. The first kappa shape index (κ1) is 17.9. The number of pyridine rings is 1. The SMILES string of the molecule is NC(=O)c1ccc(-c2ccc(CNc3ccc(Cl)cc3F)cc2)n2n[c]nc12. The van der Waals surface area contributed by atoms with Gasteiger partial charge in [0.15, 0.2) is 5.65 Å². The highest BCUT2D eigenvalue weighted by molar-refractivity contribution is 6.30. The van der Waals surface area contributed by atoms with Gasteiger partial charge in [0, 0.05) is 17.1 Å². The number of primary amides is 1. The van der Waals surface area contributed by atoms with Gasteiger partial charge in [0.05, 0.1) is 16.9 Å². The second-order valence-corrected chi connectivity index (χ2v) is 6.55. The predicted octanol–water partition coefficient (Wildman–Crippen LogP) is 3.70. The topological polar surface area (TPSA) is 85.3 Å². The molecule has 2 aromatic heterocycles. The Labute approximate surface area is 164 Å². The summed E-state index contributed by atoms with van der Waals surface area (Å²) in [4.78, 5) is 15.5. The molecule has 8 heteroatoms. The van der Waals surface area contributed by atoms with Crippen molar-refractivity contribution < 1.29 is 9.18 Å². The van der Waals surface area contributed by atoms with Gasteiger partial charge in [-0.3, -0.25) is 4.79 Å². The number of nitrogens with two attached hydrogens (primary N) is 1. The Balaban J connectivity index is 1.57. The standard InChI is InChI=1S/C20H14ClFN5O/c21-14-5-7-17(16(22)9-14)24-10-12-1-3-13(4-2-12)18-8-6-15(19(23)28)20-25-11-26-27(18)20/h1-9,24H,10H2,(H2,23,28). The number of carbonyl (C=O) groups is 1. The van der Waals surface area contributed by atoms with E-state index in [1.807, 2.05) is 24.3 Å². The van der Waals surface area contributed by atoms with Crippen LogP contribution in [0.3, 0.4) is 0 Å². The minimum absolute atomic E-state index is 0.281. The van der Waals surface area contributed by atoms with E-state index in [-0.39, 0.29) is 5.56 Å². The third-order valence-corrected chi connectivity index (χ3v) is 4.54. The molecule has 2 aromatic carbocycles. The number of fused-ring (bicyclic) bond motifs is 1. The number of halogens is 2. The number of aromatic nitrogens is 3. The van der Waals surface area contributed by atoms with Gasteiger partial charge in [-0.1, -0.05) is 35.9 Å². The molecule has 6 nitrogen and oxygen atoms in total. The lowest BCUT2D eigenvalue weighted by Gasteiger charge is -2.10. The third kappa shape index (κ3) is 3.39. The van der Waals surface area contributed by atoms with Crippen molar-refractivity contribution in [2.45, 2.75) is 6.54 Å². The molecule has 4 rings (SSSR count). The lowest BCUT2D eigenvalue weighted by molar-refractivity contribution is 0.100. The summed E-state index contributed by atoms with van der Waals surface area (Å²) < 4.78 is 15.4. The van der Waals surface area contributed by atoms with Crippen LogP contribution in [-0.4, -0.2) is 20.5 Å². The molecular formula is C20H14ClFN5O. The van der Waals surface area contributed by atoms with Crippen molar-refractivity contribution in [2.75, 3.05) is 5.32 Å². The predicted molar refractivity (Wildman–Crippen MR) is 105 cm³/mol. The maximum atomic E-state index is 13.8. The number of nitrogens with zero attached hydrogens (tertiary/aromatic N) is 3. The van der Waals surface area contributed by atoms with Crippen molar-refractivity contribution in [3.63, 3.8) is 0 Å². The highest BCUT2D eigenvalue weighted by atomic mass is 35.5. The Morgan fingerprint density at radius 3 is 2.68 bits per heavy atom. The summed E-state index contributed by atoms with van der Waals surface area (Å²) in [7, 11) is 0. The summed E-state index contributed by atoms with van der Waals surface area (Å²) >= 11 is 5.76. The van der Waals surface area contributed by atoms with E-state index >= 15 is 0 Å². The van der Waals surface area contributed by atoms with Gasteiger partial charge in [-0.15, -0.1) is 5.10 Å². The molecule has 0 saturated heterocycles. The molecule has 0 bridgehead atoms. The number of benzene rings is 2. The Bertz CT molecular complexity index is 1170. The molecule has 0 aliphatic rings. The zero-order valence-corrected chi connectivity index (χ0v) is 15.2. The van der Waals surface area contributed by atoms with Crippen molar-refractivity contribution >= 4 is 28.8 Å². The van der Waals surface area contributed by atoms with Crippen molar-refractivity contribution in [1.29, 1.82) is 0 Å². The first-order valence-electron chi connectivity index (χ1n) is 8.37. The van der Waals surface area contributed by atoms with Gasteiger partial charge in [0.25, 0.3) is 5.91 Å². The van der Waals surface area contributed by atoms with E-state index in [2.05, 4.69) is 21.7 Å². The van der Waals surface area contributed by atoms with E-state index in [1.54, 1.807) is 24.3 Å². The Hall–Kier alpha value is -3.45. The zero-order valence-electron chi connectivity index (χ0n) is 14.5. The summed E-state index contributed by atoms with van der Waals surface area (Å²) in [6.07, 6.45) is 2.50. The average Bonchev–Trinajstić information content (AvgIpc) is 3.17. The Kier molecular flexibility index (Phi) is 4.67. The highest BCUT2D eigenvalue weighted by Gasteiger charge is 2.13. The van der Waals surface area contributed by atoms with Crippen molar-refractivity contribution in [1.82, 2.24) is 14.6 Å². The van der Waals surface area contributed by atoms with Crippen molar-refractivity contribution in [3.8, 4) is 11.3 Å². The van der Waals surface area contributed by atoms with Crippen LogP contribution in [0.15, 0.2) is 54.6 Å². The second-order valence-electron chi connectivity index (χ2n) is 6.12. The average molecular weight is 395 g/mol. The van der Waals surface area contributed by atoms with E-state index in [4.69, 9.17) is 17.3 Å². The van der Waals surface area contributed by atoms with E-state index in [0.717, 1.165) is 16.8 Å². The van der Waals surface area contributed by atoms with Crippen molar-refractivity contribution in [3.05, 3.63) is 82.9 Å². The zero-order chi connectivity index (χ0) is 19.7. The Morgan fingerprint density at radius 1 is 1.18 bits per heavy atom. The van der Waals surface area contributed by atoms with Gasteiger partial charge < -0.3 is 11.1 Å². The number of hydrogen-bond acceptors (Lipinski definition) is 4. The summed E-state index contributed by atoms with van der Waals surface area (Å²) in [6.45, 7) is 0.450. The molecule has 1 radical (unpaired) electrons. The van der Waals surface area contributed by atoms with Gasteiger partial charge in [0.2, 0.25) is 6.33 Å². The molecule has 1 amide bonds. The Morgan fingerprint density at radius 2 is 1.96 bits per heavy atom. The molecule has 0 fully saturated rings. The van der Waals surface area contributed by atoms with Crippen LogP contribution in [0.2, 0.25) is 5.02 Å². The number of hydrogen-bond donors (Lipinski definition) is 2. The van der Waals surface area contributed by atoms with Gasteiger partial charge in [-0.25, -0.2) is 13.9 Å². The summed E-state index contributed by atoms with van der Waals surface area (Å²) in [5.74, 6) is -0.975. The molecule has 0 spiro atoms. The highest BCUT2D eigenvalue weighted by Crippen LogP contribution is 2.23. The van der Waals surface area contributed by atoms with Crippen LogP contribution in [-0.2, 0) is 6.54 Å². The monoisotopic (exact) mass is 394 g/mol. The minimum Gasteiger partial charge on any atom is -0.379 e. The van der Waals surface area contributed by atoms with Crippen LogP contribution in [0.1, 0.15) is 15.9 Å². The molecule has 28 heavy (non-hydrogen) atoms. The molecule has 0 atom stereocenters. The van der Waals surface area contributed by atoms with Gasteiger partial charge >= 0.3 is 0 Å². The van der Waals surface area contributed by atoms with Crippen LogP contribution in [0.5, 0.6) is 0 Å². The van der Waals surface area contributed by atoms with Crippen LogP contribution in [0.25, 0.3) is 16.9 Å². The van der Waals surface area contributed by atoms with Crippen LogP contribution < -0.4 is 11.1 Å². The van der Waals surface area contributed by atoms with E-state index in [1.165, 1.54) is 10.6 Å². The maximum absolute atomic E-state index is 13.8. The minimum atomic E-state index is -0.575. The number of nitrogens with one attached hydrogen (secondary N) is 1. The molecule has 139 valence electrons. The van der Waals surface area contributed by atoms with E-state index < -0.39 is 11.7 Å². The number of rotatable bonds is 5. The van der Waals surface area contributed by atoms with E-state index in [9.17, 15) is 9.18 Å². The lowest BCUT2D eigenvalue weighted by atomic mass is 10.1. The van der Waals surface area contributed by atoms with Crippen LogP contribution in [0.4, 0.5) is 10.1 Å². The molecule has 3 N–H and O–H groups in total. The third-order valence-electron chi connectivity index (χ3n) is 4.31. The maximum Gasteiger partial charge on any atom is 0.252 e.